The monoisotopic (exact) mass is 408 g/mol. The topological polar surface area (TPSA) is 89.8 Å². The van der Waals surface area contributed by atoms with Crippen molar-refractivity contribution in [2.24, 2.45) is 0 Å². The van der Waals surface area contributed by atoms with Gasteiger partial charge in [-0.1, -0.05) is 17.7 Å². The highest BCUT2D eigenvalue weighted by Gasteiger charge is 2.13. The molecule has 30 heavy (non-hydrogen) atoms. The summed E-state index contributed by atoms with van der Waals surface area (Å²) in [5, 5.41) is 5.24. The second-order valence-electron chi connectivity index (χ2n) is 6.56. The lowest BCUT2D eigenvalue weighted by Gasteiger charge is -2.07. The summed E-state index contributed by atoms with van der Waals surface area (Å²) in [6.07, 6.45) is 0. The smallest absolute Gasteiger partial charge is 0.287 e. The number of carbonyl (C=O) groups is 2. The number of aryl methyl sites for hydroxylation is 1. The van der Waals surface area contributed by atoms with Crippen molar-refractivity contribution in [1.82, 2.24) is 5.32 Å². The molecule has 7 heteroatoms. The molecule has 1 heterocycles. The highest BCUT2D eigenvalue weighted by Crippen LogP contribution is 2.16. The van der Waals surface area contributed by atoms with Gasteiger partial charge >= 0.3 is 0 Å². The van der Waals surface area contributed by atoms with E-state index in [9.17, 15) is 9.59 Å². The third kappa shape index (κ3) is 6.13. The molecule has 7 nitrogen and oxygen atoms in total. The second kappa shape index (κ2) is 10.2. The largest absolute Gasteiger partial charge is 0.494 e. The fraction of sp³-hybridized carbons (Fsp3) is 0.217. The molecule has 0 saturated heterocycles. The molecule has 1 aromatic heterocycles. The van der Waals surface area contributed by atoms with Gasteiger partial charge in [0.25, 0.3) is 5.91 Å². The van der Waals surface area contributed by atoms with Crippen LogP contribution in [0.25, 0.3) is 0 Å². The molecule has 2 aromatic carbocycles. The Morgan fingerprint density at radius 3 is 2.27 bits per heavy atom. The minimum absolute atomic E-state index is 0.117. The Morgan fingerprint density at radius 2 is 1.57 bits per heavy atom. The van der Waals surface area contributed by atoms with Crippen molar-refractivity contribution >= 4 is 17.5 Å². The number of furan rings is 1. The van der Waals surface area contributed by atoms with E-state index in [-0.39, 0.29) is 24.8 Å². The zero-order valence-electron chi connectivity index (χ0n) is 16.9. The van der Waals surface area contributed by atoms with E-state index in [0.717, 1.165) is 11.3 Å². The van der Waals surface area contributed by atoms with E-state index in [2.05, 4.69) is 10.6 Å². The number of benzene rings is 2. The molecule has 0 radical (unpaired) electrons. The van der Waals surface area contributed by atoms with Crippen LogP contribution in [0.1, 0.15) is 28.8 Å². The Bertz CT molecular complexity index is 978. The first-order valence-electron chi connectivity index (χ1n) is 9.62. The number of nitrogens with one attached hydrogen (secondary N) is 2. The Labute approximate surface area is 175 Å². The van der Waals surface area contributed by atoms with E-state index in [1.165, 1.54) is 0 Å². The number of amides is 2. The first-order valence-corrected chi connectivity index (χ1v) is 9.62. The van der Waals surface area contributed by atoms with Gasteiger partial charge in [-0.15, -0.1) is 0 Å². The summed E-state index contributed by atoms with van der Waals surface area (Å²) in [7, 11) is 0. The number of ether oxygens (including phenoxy) is 2. The standard InChI is InChI=1S/C23H24N2O5/c1-3-28-18-10-6-17(7-11-18)25-22(26)14-24-23(27)21-13-12-20(30-21)15-29-19-8-4-16(2)5-9-19/h4-13H,3,14-15H2,1-2H3,(H,24,27)(H,25,26). The molecule has 0 bridgehead atoms. The van der Waals surface area contributed by atoms with Crippen LogP contribution in [0.4, 0.5) is 5.69 Å². The lowest BCUT2D eigenvalue weighted by atomic mass is 10.2. The maximum absolute atomic E-state index is 12.2. The van der Waals surface area contributed by atoms with Crippen LogP contribution in [-0.4, -0.2) is 25.0 Å². The summed E-state index contributed by atoms with van der Waals surface area (Å²) >= 11 is 0. The van der Waals surface area contributed by atoms with Crippen LogP contribution < -0.4 is 20.1 Å². The van der Waals surface area contributed by atoms with E-state index in [0.29, 0.717) is 23.8 Å². The quantitative estimate of drug-likeness (QED) is 0.560. The molecule has 0 atom stereocenters. The maximum Gasteiger partial charge on any atom is 0.287 e. The SMILES string of the molecule is CCOc1ccc(NC(=O)CNC(=O)c2ccc(COc3ccc(C)cc3)o2)cc1. The number of carbonyl (C=O) groups excluding carboxylic acids is 2. The first kappa shape index (κ1) is 21.0. The number of rotatable bonds is 9. The fourth-order valence-electron chi connectivity index (χ4n) is 2.62. The molecule has 0 unspecified atom stereocenters. The first-order chi connectivity index (χ1) is 14.5. The molecular formula is C23H24N2O5. The highest BCUT2D eigenvalue weighted by atomic mass is 16.5. The summed E-state index contributed by atoms with van der Waals surface area (Å²) in [5.41, 5.74) is 1.76. The Morgan fingerprint density at radius 1 is 0.900 bits per heavy atom. The summed E-state index contributed by atoms with van der Waals surface area (Å²) in [6, 6.07) is 17.9. The van der Waals surface area contributed by atoms with Gasteiger partial charge in [-0.3, -0.25) is 9.59 Å². The Hall–Kier alpha value is -3.74. The van der Waals surface area contributed by atoms with Crippen molar-refractivity contribution in [3.8, 4) is 11.5 Å². The molecule has 2 N–H and O–H groups in total. The molecule has 0 fully saturated rings. The van der Waals surface area contributed by atoms with Crippen molar-refractivity contribution in [2.45, 2.75) is 20.5 Å². The molecule has 0 aliphatic heterocycles. The van der Waals surface area contributed by atoms with Crippen LogP contribution in [0.3, 0.4) is 0 Å². The minimum atomic E-state index is -0.474. The summed E-state index contributed by atoms with van der Waals surface area (Å²) in [6.45, 7) is 4.50. The van der Waals surface area contributed by atoms with Crippen LogP contribution >= 0.6 is 0 Å². The second-order valence-corrected chi connectivity index (χ2v) is 6.56. The molecule has 0 aliphatic carbocycles. The van der Waals surface area contributed by atoms with Gasteiger partial charge in [0.15, 0.2) is 5.76 Å². The Kier molecular flexibility index (Phi) is 7.10. The number of anilines is 1. The Balaban J connectivity index is 1.44. The van der Waals surface area contributed by atoms with Crippen molar-refractivity contribution in [2.75, 3.05) is 18.5 Å². The van der Waals surface area contributed by atoms with E-state index < -0.39 is 5.91 Å². The molecule has 2 amide bonds. The van der Waals surface area contributed by atoms with Crippen LogP contribution in [-0.2, 0) is 11.4 Å². The zero-order valence-corrected chi connectivity index (χ0v) is 16.9. The van der Waals surface area contributed by atoms with Crippen LogP contribution in [0.5, 0.6) is 11.5 Å². The van der Waals surface area contributed by atoms with E-state index >= 15 is 0 Å². The van der Waals surface area contributed by atoms with Gasteiger partial charge in [0.2, 0.25) is 5.91 Å². The number of hydrogen-bond donors (Lipinski definition) is 2. The van der Waals surface area contributed by atoms with Gasteiger partial charge in [0, 0.05) is 5.69 Å². The van der Waals surface area contributed by atoms with E-state index in [1.54, 1.807) is 36.4 Å². The molecule has 0 saturated carbocycles. The lowest BCUT2D eigenvalue weighted by Crippen LogP contribution is -2.32. The molecule has 3 aromatic rings. The van der Waals surface area contributed by atoms with Gasteiger partial charge in [-0.05, 0) is 62.4 Å². The van der Waals surface area contributed by atoms with Crippen LogP contribution in [0.15, 0.2) is 65.1 Å². The number of hydrogen-bond acceptors (Lipinski definition) is 5. The van der Waals surface area contributed by atoms with E-state index in [4.69, 9.17) is 13.9 Å². The van der Waals surface area contributed by atoms with Gasteiger partial charge in [0.05, 0.1) is 13.2 Å². The molecule has 0 spiro atoms. The predicted molar refractivity (Wildman–Crippen MR) is 113 cm³/mol. The van der Waals surface area contributed by atoms with Gasteiger partial charge in [-0.25, -0.2) is 0 Å². The average molecular weight is 408 g/mol. The zero-order chi connectivity index (χ0) is 21.3. The third-order valence-electron chi connectivity index (χ3n) is 4.15. The third-order valence-corrected chi connectivity index (χ3v) is 4.15. The summed E-state index contributed by atoms with van der Waals surface area (Å²) < 4.78 is 16.5. The maximum atomic E-state index is 12.2. The van der Waals surface area contributed by atoms with Gasteiger partial charge in [-0.2, -0.15) is 0 Å². The molecular weight excluding hydrogens is 384 g/mol. The normalized spacial score (nSPS) is 10.3. The van der Waals surface area contributed by atoms with Crippen molar-refractivity contribution in [1.29, 1.82) is 0 Å². The van der Waals surface area contributed by atoms with Crippen molar-refractivity contribution in [3.05, 3.63) is 77.7 Å². The fourth-order valence-corrected chi connectivity index (χ4v) is 2.62. The predicted octanol–water partition coefficient (Wildman–Crippen LogP) is 3.93. The summed E-state index contributed by atoms with van der Waals surface area (Å²) in [5.74, 6) is 1.25. The molecule has 0 aliphatic rings. The highest BCUT2D eigenvalue weighted by molar-refractivity contribution is 5.98. The van der Waals surface area contributed by atoms with Gasteiger partial charge in [0.1, 0.15) is 23.9 Å². The van der Waals surface area contributed by atoms with Crippen LogP contribution in [0, 0.1) is 6.92 Å². The van der Waals surface area contributed by atoms with Gasteiger partial charge < -0.3 is 24.5 Å². The summed E-state index contributed by atoms with van der Waals surface area (Å²) in [4.78, 5) is 24.2. The molecule has 156 valence electrons. The van der Waals surface area contributed by atoms with E-state index in [1.807, 2.05) is 38.1 Å². The molecule has 3 rings (SSSR count). The van der Waals surface area contributed by atoms with Crippen LogP contribution in [0.2, 0.25) is 0 Å². The van der Waals surface area contributed by atoms with Crippen molar-refractivity contribution < 1.29 is 23.5 Å². The minimum Gasteiger partial charge on any atom is -0.494 e. The average Bonchev–Trinajstić information content (AvgIpc) is 3.22. The van der Waals surface area contributed by atoms with Crippen molar-refractivity contribution in [3.63, 3.8) is 0 Å². The lowest BCUT2D eigenvalue weighted by molar-refractivity contribution is -0.115.